The zero-order valence-electron chi connectivity index (χ0n) is 13.6. The Morgan fingerprint density at radius 2 is 1.88 bits per heavy atom. The molecule has 0 aliphatic heterocycles. The highest BCUT2D eigenvalue weighted by Crippen LogP contribution is 2.24. The summed E-state index contributed by atoms with van der Waals surface area (Å²) in [6.07, 6.45) is 2.11. The molecule has 2 aromatic carbocycles. The van der Waals surface area contributed by atoms with Crippen LogP contribution >= 0.6 is 0 Å². The van der Waals surface area contributed by atoms with Crippen LogP contribution in [0, 0.1) is 0 Å². The van der Waals surface area contributed by atoms with E-state index in [9.17, 15) is 9.90 Å². The lowest BCUT2D eigenvalue weighted by Crippen LogP contribution is -2.03. The topological polar surface area (TPSA) is 59.7 Å². The molecule has 0 aliphatic carbocycles. The fraction of sp³-hybridized carbons (Fsp3) is 0.250. The summed E-state index contributed by atoms with van der Waals surface area (Å²) in [5, 5.41) is 9.99. The standard InChI is InChI=1S/C20H20O4/c1-2-3-10-23-17-8-6-15(7-9-17)18-12-16-5-4-14(13-21)11-19(16)24-20(18)22/h4-9,11-12,21H,2-3,10,13H2,1H3. The Bertz CT molecular complexity index is 878. The maximum Gasteiger partial charge on any atom is 0.344 e. The van der Waals surface area contributed by atoms with Gasteiger partial charge in [0.15, 0.2) is 0 Å². The Kier molecular flexibility index (Phi) is 4.96. The minimum Gasteiger partial charge on any atom is -0.494 e. The summed E-state index contributed by atoms with van der Waals surface area (Å²) in [5.74, 6) is 0.796. The van der Waals surface area contributed by atoms with E-state index in [1.54, 1.807) is 6.07 Å². The van der Waals surface area contributed by atoms with E-state index in [2.05, 4.69) is 6.92 Å². The molecule has 1 N–H and O–H groups in total. The Morgan fingerprint density at radius 3 is 2.58 bits per heavy atom. The molecule has 124 valence electrons. The molecular weight excluding hydrogens is 304 g/mol. The molecule has 0 unspecified atom stereocenters. The molecule has 0 saturated heterocycles. The number of aliphatic hydroxyl groups is 1. The van der Waals surface area contributed by atoms with Gasteiger partial charge in [-0.3, -0.25) is 0 Å². The van der Waals surface area contributed by atoms with Crippen molar-refractivity contribution in [3.05, 3.63) is 64.5 Å². The molecule has 1 aromatic heterocycles. The lowest BCUT2D eigenvalue weighted by Gasteiger charge is -2.07. The summed E-state index contributed by atoms with van der Waals surface area (Å²) in [7, 11) is 0. The molecule has 1 heterocycles. The highest BCUT2D eigenvalue weighted by Gasteiger charge is 2.08. The molecule has 0 saturated carbocycles. The van der Waals surface area contributed by atoms with Crippen molar-refractivity contribution in [2.45, 2.75) is 26.4 Å². The van der Waals surface area contributed by atoms with Crippen LogP contribution < -0.4 is 10.4 Å². The predicted molar refractivity (Wildman–Crippen MR) is 94.2 cm³/mol. The monoisotopic (exact) mass is 324 g/mol. The number of fused-ring (bicyclic) bond motifs is 1. The van der Waals surface area contributed by atoms with Gasteiger partial charge in [0.2, 0.25) is 0 Å². The van der Waals surface area contributed by atoms with Crippen LogP contribution in [0.3, 0.4) is 0 Å². The zero-order valence-corrected chi connectivity index (χ0v) is 13.6. The summed E-state index contributed by atoms with van der Waals surface area (Å²) in [6, 6.07) is 14.6. The molecule has 0 spiro atoms. The third-order valence-corrected chi connectivity index (χ3v) is 3.91. The van der Waals surface area contributed by atoms with Crippen molar-refractivity contribution in [1.29, 1.82) is 0 Å². The quantitative estimate of drug-likeness (QED) is 0.547. The van der Waals surface area contributed by atoms with Gasteiger partial charge < -0.3 is 14.3 Å². The molecular formula is C20H20O4. The molecule has 0 radical (unpaired) electrons. The second kappa shape index (κ2) is 7.32. The van der Waals surface area contributed by atoms with Crippen LogP contribution in [0.2, 0.25) is 0 Å². The van der Waals surface area contributed by atoms with Crippen molar-refractivity contribution >= 4 is 11.0 Å². The van der Waals surface area contributed by atoms with Crippen LogP contribution in [0.4, 0.5) is 0 Å². The minimum absolute atomic E-state index is 0.0824. The first kappa shape index (κ1) is 16.3. The zero-order chi connectivity index (χ0) is 16.9. The SMILES string of the molecule is CCCCOc1ccc(-c2cc3ccc(CO)cc3oc2=O)cc1. The van der Waals surface area contributed by atoms with E-state index in [-0.39, 0.29) is 6.61 Å². The van der Waals surface area contributed by atoms with Gasteiger partial charge >= 0.3 is 5.63 Å². The van der Waals surface area contributed by atoms with Crippen molar-refractivity contribution in [2.75, 3.05) is 6.61 Å². The minimum atomic E-state index is -0.391. The molecule has 0 aliphatic rings. The first-order chi connectivity index (χ1) is 11.7. The lowest BCUT2D eigenvalue weighted by atomic mass is 10.1. The van der Waals surface area contributed by atoms with E-state index in [0.717, 1.165) is 29.5 Å². The predicted octanol–water partition coefficient (Wildman–Crippen LogP) is 4.13. The average molecular weight is 324 g/mol. The van der Waals surface area contributed by atoms with Crippen LogP contribution in [0.5, 0.6) is 5.75 Å². The van der Waals surface area contributed by atoms with Crippen molar-refractivity contribution in [3.63, 3.8) is 0 Å². The third kappa shape index (κ3) is 3.49. The molecule has 3 aromatic rings. The van der Waals surface area contributed by atoms with Gasteiger partial charge in [-0.15, -0.1) is 0 Å². The van der Waals surface area contributed by atoms with Crippen molar-refractivity contribution in [1.82, 2.24) is 0 Å². The van der Waals surface area contributed by atoms with Gasteiger partial charge in [-0.25, -0.2) is 4.79 Å². The number of unbranched alkanes of at least 4 members (excludes halogenated alkanes) is 1. The Hall–Kier alpha value is -2.59. The van der Waals surface area contributed by atoms with E-state index in [0.29, 0.717) is 23.3 Å². The highest BCUT2D eigenvalue weighted by molar-refractivity contribution is 5.82. The Morgan fingerprint density at radius 1 is 1.08 bits per heavy atom. The van der Waals surface area contributed by atoms with Gasteiger partial charge in [0.25, 0.3) is 0 Å². The first-order valence-corrected chi connectivity index (χ1v) is 8.12. The maximum absolute atomic E-state index is 12.3. The molecule has 3 rings (SSSR count). The number of rotatable bonds is 6. The summed E-state index contributed by atoms with van der Waals surface area (Å²) in [4.78, 5) is 12.3. The molecule has 0 bridgehead atoms. The molecule has 4 nitrogen and oxygen atoms in total. The molecule has 0 atom stereocenters. The number of hydrogen-bond acceptors (Lipinski definition) is 4. The molecule has 24 heavy (non-hydrogen) atoms. The fourth-order valence-corrected chi connectivity index (χ4v) is 2.52. The Labute approximate surface area is 140 Å². The molecule has 4 heteroatoms. The van der Waals surface area contributed by atoms with E-state index in [1.807, 2.05) is 42.5 Å². The van der Waals surface area contributed by atoms with Crippen LogP contribution in [-0.4, -0.2) is 11.7 Å². The Balaban J connectivity index is 1.91. The molecule has 0 amide bonds. The van der Waals surface area contributed by atoms with Gasteiger partial charge in [0, 0.05) is 5.39 Å². The van der Waals surface area contributed by atoms with Crippen LogP contribution in [-0.2, 0) is 6.61 Å². The lowest BCUT2D eigenvalue weighted by molar-refractivity contribution is 0.282. The summed E-state index contributed by atoms with van der Waals surface area (Å²) < 4.78 is 11.0. The third-order valence-electron chi connectivity index (χ3n) is 3.91. The van der Waals surface area contributed by atoms with Crippen LogP contribution in [0.15, 0.2) is 57.7 Å². The van der Waals surface area contributed by atoms with Crippen LogP contribution in [0.1, 0.15) is 25.3 Å². The fourth-order valence-electron chi connectivity index (χ4n) is 2.52. The largest absolute Gasteiger partial charge is 0.494 e. The first-order valence-electron chi connectivity index (χ1n) is 8.12. The molecule has 0 fully saturated rings. The number of hydrogen-bond donors (Lipinski definition) is 1. The summed E-state index contributed by atoms with van der Waals surface area (Å²) in [5.41, 5.74) is 2.11. The van der Waals surface area contributed by atoms with E-state index >= 15 is 0 Å². The van der Waals surface area contributed by atoms with E-state index in [4.69, 9.17) is 9.15 Å². The van der Waals surface area contributed by atoms with E-state index < -0.39 is 5.63 Å². The van der Waals surface area contributed by atoms with Gasteiger partial charge in [0.05, 0.1) is 18.8 Å². The average Bonchev–Trinajstić information content (AvgIpc) is 2.61. The van der Waals surface area contributed by atoms with Crippen molar-refractivity contribution in [3.8, 4) is 16.9 Å². The normalized spacial score (nSPS) is 10.9. The smallest absolute Gasteiger partial charge is 0.344 e. The second-order valence-electron chi connectivity index (χ2n) is 5.70. The van der Waals surface area contributed by atoms with Crippen LogP contribution in [0.25, 0.3) is 22.1 Å². The number of aliphatic hydroxyl groups excluding tert-OH is 1. The van der Waals surface area contributed by atoms with E-state index in [1.165, 1.54) is 0 Å². The van der Waals surface area contributed by atoms with Crippen molar-refractivity contribution < 1.29 is 14.3 Å². The maximum atomic E-state index is 12.3. The number of benzene rings is 2. The van der Waals surface area contributed by atoms with Gasteiger partial charge in [-0.05, 0) is 41.8 Å². The second-order valence-corrected chi connectivity index (χ2v) is 5.70. The highest BCUT2D eigenvalue weighted by atomic mass is 16.5. The van der Waals surface area contributed by atoms with Gasteiger partial charge in [-0.2, -0.15) is 0 Å². The van der Waals surface area contributed by atoms with Gasteiger partial charge in [-0.1, -0.05) is 37.6 Å². The summed E-state index contributed by atoms with van der Waals surface area (Å²) >= 11 is 0. The van der Waals surface area contributed by atoms with Gasteiger partial charge in [0.1, 0.15) is 11.3 Å². The summed E-state index contributed by atoms with van der Waals surface area (Å²) in [6.45, 7) is 2.73. The van der Waals surface area contributed by atoms with Crippen molar-refractivity contribution in [2.24, 2.45) is 0 Å². The number of ether oxygens (including phenoxy) is 1.